The summed E-state index contributed by atoms with van der Waals surface area (Å²) in [6.45, 7) is 5.63. The van der Waals surface area contributed by atoms with Crippen LogP contribution in [0.2, 0.25) is 0 Å². The predicted octanol–water partition coefficient (Wildman–Crippen LogP) is 1.78. The maximum Gasteiger partial charge on any atom is 0.269 e. The summed E-state index contributed by atoms with van der Waals surface area (Å²) in [4.78, 5) is 18.8. The fourth-order valence-corrected chi connectivity index (χ4v) is 3.02. The molecule has 6 heteroatoms. The number of anilines is 1. The Morgan fingerprint density at radius 1 is 1.39 bits per heavy atom. The summed E-state index contributed by atoms with van der Waals surface area (Å²) in [6.07, 6.45) is 2.80. The number of rotatable bonds is 5. The Labute approximate surface area is 136 Å². The number of nitrogens with one attached hydrogen (secondary N) is 2. The van der Waals surface area contributed by atoms with E-state index >= 15 is 0 Å². The van der Waals surface area contributed by atoms with Gasteiger partial charge >= 0.3 is 0 Å². The summed E-state index contributed by atoms with van der Waals surface area (Å²) in [7, 11) is 2.01. The lowest BCUT2D eigenvalue weighted by molar-refractivity contribution is 0.0948. The van der Waals surface area contributed by atoms with Crippen molar-refractivity contribution in [1.29, 1.82) is 0 Å². The Morgan fingerprint density at radius 2 is 2.22 bits per heavy atom. The molecule has 0 unspecified atom stereocenters. The highest BCUT2D eigenvalue weighted by Gasteiger charge is 2.19. The van der Waals surface area contributed by atoms with Crippen molar-refractivity contribution in [2.75, 3.05) is 25.0 Å². The first kappa shape index (κ1) is 15.5. The number of carbonyl (C=O) groups is 1. The lowest BCUT2D eigenvalue weighted by Crippen LogP contribution is -2.26. The molecule has 1 aliphatic rings. The molecule has 0 aromatic carbocycles. The van der Waals surface area contributed by atoms with Gasteiger partial charge in [-0.25, -0.2) is 4.98 Å². The van der Waals surface area contributed by atoms with Crippen molar-refractivity contribution in [1.82, 2.24) is 20.5 Å². The molecule has 0 radical (unpaired) electrons. The van der Waals surface area contributed by atoms with E-state index in [1.165, 1.54) is 11.1 Å². The quantitative estimate of drug-likeness (QED) is 0.825. The molecule has 0 atom stereocenters. The molecule has 1 aliphatic heterocycles. The number of aromatic nitrogens is 3. The van der Waals surface area contributed by atoms with E-state index in [2.05, 4.69) is 25.4 Å². The number of aryl methyl sites for hydroxylation is 2. The molecule has 122 valence electrons. The van der Waals surface area contributed by atoms with Crippen LogP contribution in [0.5, 0.6) is 0 Å². The van der Waals surface area contributed by atoms with E-state index in [-0.39, 0.29) is 5.91 Å². The van der Waals surface area contributed by atoms with Crippen molar-refractivity contribution in [2.45, 2.75) is 33.1 Å². The highest BCUT2D eigenvalue weighted by molar-refractivity contribution is 5.92. The number of nitrogens with zero attached hydrogens (tertiary/aromatic N) is 3. The number of amides is 1. The fourth-order valence-electron chi connectivity index (χ4n) is 3.02. The lowest BCUT2D eigenvalue weighted by Gasteiger charge is -2.11. The number of carbonyl (C=O) groups excluding carboxylic acids is 1. The summed E-state index contributed by atoms with van der Waals surface area (Å²) in [5.74, 6) is 0.830. The van der Waals surface area contributed by atoms with Crippen molar-refractivity contribution in [3.8, 4) is 0 Å². The van der Waals surface area contributed by atoms with Gasteiger partial charge in [-0.2, -0.15) is 5.10 Å². The minimum absolute atomic E-state index is 0.103. The van der Waals surface area contributed by atoms with Crippen molar-refractivity contribution in [3.63, 3.8) is 0 Å². The fraction of sp³-hybridized carbons (Fsp3) is 0.471. The van der Waals surface area contributed by atoms with Gasteiger partial charge in [0, 0.05) is 25.8 Å². The second-order valence-corrected chi connectivity index (χ2v) is 6.12. The van der Waals surface area contributed by atoms with E-state index in [9.17, 15) is 4.79 Å². The second kappa shape index (κ2) is 6.40. The topological polar surface area (TPSA) is 73.9 Å². The molecule has 0 saturated carbocycles. The number of H-pyrrole nitrogens is 1. The Bertz CT molecular complexity index is 702. The lowest BCUT2D eigenvalue weighted by atomic mass is 10.1. The Hall–Kier alpha value is -2.37. The van der Waals surface area contributed by atoms with E-state index < -0.39 is 0 Å². The number of hydrogen-bond donors (Lipinski definition) is 2. The smallest absolute Gasteiger partial charge is 0.269 e. The highest BCUT2D eigenvalue weighted by Crippen LogP contribution is 2.24. The zero-order valence-corrected chi connectivity index (χ0v) is 13.9. The molecular weight excluding hydrogens is 290 g/mol. The molecule has 23 heavy (non-hydrogen) atoms. The van der Waals surface area contributed by atoms with Crippen molar-refractivity contribution >= 4 is 11.7 Å². The molecule has 0 aliphatic carbocycles. The van der Waals surface area contributed by atoms with Crippen LogP contribution in [0.15, 0.2) is 12.1 Å². The van der Waals surface area contributed by atoms with Crippen LogP contribution in [0.1, 0.15) is 39.4 Å². The molecule has 0 saturated heterocycles. The molecule has 2 aromatic heterocycles. The van der Waals surface area contributed by atoms with Gasteiger partial charge in [-0.15, -0.1) is 0 Å². The summed E-state index contributed by atoms with van der Waals surface area (Å²) < 4.78 is 0. The van der Waals surface area contributed by atoms with Crippen LogP contribution in [0.4, 0.5) is 5.82 Å². The predicted molar refractivity (Wildman–Crippen MR) is 89.9 cm³/mol. The van der Waals surface area contributed by atoms with Gasteiger partial charge in [0.1, 0.15) is 11.5 Å². The minimum Gasteiger partial charge on any atom is -0.359 e. The number of aromatic amines is 1. The Balaban J connectivity index is 1.53. The first-order chi connectivity index (χ1) is 11.1. The summed E-state index contributed by atoms with van der Waals surface area (Å²) >= 11 is 0. The van der Waals surface area contributed by atoms with Gasteiger partial charge in [-0.05, 0) is 50.3 Å². The number of hydrogen-bond acceptors (Lipinski definition) is 4. The highest BCUT2D eigenvalue weighted by atomic mass is 16.1. The van der Waals surface area contributed by atoms with Crippen LogP contribution in [0.25, 0.3) is 0 Å². The van der Waals surface area contributed by atoms with Crippen molar-refractivity contribution < 1.29 is 4.79 Å². The zero-order valence-electron chi connectivity index (χ0n) is 13.9. The third-order valence-corrected chi connectivity index (χ3v) is 4.44. The molecule has 6 nitrogen and oxygen atoms in total. The van der Waals surface area contributed by atoms with Gasteiger partial charge in [-0.1, -0.05) is 6.07 Å². The number of pyridine rings is 1. The summed E-state index contributed by atoms with van der Waals surface area (Å²) in [6, 6.07) is 3.83. The number of likely N-dealkylation sites (N-methyl/N-ethyl adjacent to an activating group) is 1. The van der Waals surface area contributed by atoms with Crippen molar-refractivity contribution in [3.05, 3.63) is 40.3 Å². The minimum atomic E-state index is -0.103. The Kier molecular flexibility index (Phi) is 4.32. The van der Waals surface area contributed by atoms with Crippen molar-refractivity contribution in [2.24, 2.45) is 0 Å². The van der Waals surface area contributed by atoms with Crippen LogP contribution in [-0.2, 0) is 12.8 Å². The van der Waals surface area contributed by atoms with E-state index in [1.54, 1.807) is 0 Å². The molecular formula is C17H23N5O. The largest absolute Gasteiger partial charge is 0.359 e. The normalized spacial score (nSPS) is 13.3. The van der Waals surface area contributed by atoms with Crippen LogP contribution < -0.4 is 10.2 Å². The zero-order chi connectivity index (χ0) is 16.4. The molecule has 0 fully saturated rings. The molecule has 3 heterocycles. The van der Waals surface area contributed by atoms with Gasteiger partial charge in [0.15, 0.2) is 0 Å². The monoisotopic (exact) mass is 313 g/mol. The molecule has 0 spiro atoms. The average molecular weight is 313 g/mol. The van der Waals surface area contributed by atoms with Crippen LogP contribution >= 0.6 is 0 Å². The maximum atomic E-state index is 12.2. The summed E-state index contributed by atoms with van der Waals surface area (Å²) in [5.41, 5.74) is 5.11. The van der Waals surface area contributed by atoms with E-state index in [0.717, 1.165) is 43.0 Å². The van der Waals surface area contributed by atoms with Crippen LogP contribution in [0, 0.1) is 13.8 Å². The molecule has 0 bridgehead atoms. The first-order valence-electron chi connectivity index (χ1n) is 8.06. The SMILES string of the molecule is Cc1n[nH]c(C)c1CCCNC(=O)c1ccc2c(n1)N(C)CC2. The summed E-state index contributed by atoms with van der Waals surface area (Å²) in [5, 5.41) is 10.1. The first-order valence-corrected chi connectivity index (χ1v) is 8.06. The van der Waals surface area contributed by atoms with E-state index in [0.29, 0.717) is 12.2 Å². The third-order valence-electron chi connectivity index (χ3n) is 4.44. The average Bonchev–Trinajstić information content (AvgIpc) is 3.07. The van der Waals surface area contributed by atoms with Gasteiger partial charge in [-0.3, -0.25) is 9.89 Å². The number of fused-ring (bicyclic) bond motifs is 1. The standard InChI is InChI=1S/C17H23N5O/c1-11-14(12(2)21-20-11)5-4-9-18-17(23)15-7-6-13-8-10-22(3)16(13)19-15/h6-7H,4-5,8-10H2,1-3H3,(H,18,23)(H,20,21). The third kappa shape index (κ3) is 3.21. The molecule has 3 rings (SSSR count). The second-order valence-electron chi connectivity index (χ2n) is 6.12. The Morgan fingerprint density at radius 3 is 2.96 bits per heavy atom. The van der Waals surface area contributed by atoms with Crippen LogP contribution in [0.3, 0.4) is 0 Å². The van der Waals surface area contributed by atoms with E-state index in [1.807, 2.05) is 33.0 Å². The van der Waals surface area contributed by atoms with Gasteiger partial charge in [0.2, 0.25) is 0 Å². The van der Waals surface area contributed by atoms with Gasteiger partial charge in [0.25, 0.3) is 5.91 Å². The van der Waals surface area contributed by atoms with Crippen LogP contribution in [-0.4, -0.2) is 41.2 Å². The molecule has 2 aromatic rings. The molecule has 2 N–H and O–H groups in total. The van der Waals surface area contributed by atoms with E-state index in [4.69, 9.17) is 0 Å². The molecule has 1 amide bonds. The van der Waals surface area contributed by atoms with Gasteiger partial charge in [0.05, 0.1) is 5.69 Å². The van der Waals surface area contributed by atoms with Gasteiger partial charge < -0.3 is 10.2 Å². The maximum absolute atomic E-state index is 12.2.